The van der Waals surface area contributed by atoms with E-state index in [0.717, 1.165) is 50.4 Å². The fourth-order valence-corrected chi connectivity index (χ4v) is 5.18. The van der Waals surface area contributed by atoms with E-state index >= 15 is 0 Å². The second-order valence-corrected chi connectivity index (χ2v) is 14.5. The maximum Gasteiger partial charge on any atom is 2.00 e. The quantitative estimate of drug-likeness (QED) is 0.0656. The fourth-order valence-electron chi connectivity index (χ4n) is 5.18. The summed E-state index contributed by atoms with van der Waals surface area (Å²) in [5, 5.41) is 36.2. The van der Waals surface area contributed by atoms with Crippen molar-refractivity contribution < 1.29 is 56.2 Å². The van der Waals surface area contributed by atoms with Gasteiger partial charge in [-0.3, -0.25) is 0 Å². The van der Waals surface area contributed by atoms with Gasteiger partial charge in [0.2, 0.25) is 0 Å². The van der Waals surface area contributed by atoms with Crippen LogP contribution in [0.3, 0.4) is 0 Å². The van der Waals surface area contributed by atoms with Gasteiger partial charge in [0.05, 0.1) is 0 Å². The van der Waals surface area contributed by atoms with Crippen molar-refractivity contribution in [3.05, 3.63) is 0 Å². The van der Waals surface area contributed by atoms with Crippen LogP contribution in [0.25, 0.3) is 0 Å². The van der Waals surface area contributed by atoms with Crippen molar-refractivity contribution >= 4 is 11.9 Å². The molecule has 0 rings (SSSR count). The zero-order valence-electron chi connectivity index (χ0n) is 33.8. The van der Waals surface area contributed by atoms with E-state index in [0.29, 0.717) is 13.2 Å². The maximum atomic E-state index is 10.2. The molecule has 0 atom stereocenters. The van der Waals surface area contributed by atoms with Gasteiger partial charge in [0, 0.05) is 25.2 Å². The van der Waals surface area contributed by atoms with Crippen LogP contribution in [0.15, 0.2) is 0 Å². The van der Waals surface area contributed by atoms with Gasteiger partial charge in [-0.25, -0.2) is 0 Å². The van der Waals surface area contributed by atoms with Crippen LogP contribution in [-0.4, -0.2) is 35.4 Å². The molecule has 2 N–H and O–H groups in total. The van der Waals surface area contributed by atoms with E-state index < -0.39 is 11.9 Å². The van der Waals surface area contributed by atoms with Gasteiger partial charge in [-0.15, -0.1) is 0 Å². The molecule has 294 valence electrons. The Hall–Kier alpha value is -0.257. The summed E-state index contributed by atoms with van der Waals surface area (Å²) in [6.07, 6.45) is 35.7. The summed E-state index contributed by atoms with van der Waals surface area (Å²) in [5.74, 6) is -0.0830. The first kappa shape index (κ1) is 58.1. The summed E-state index contributed by atoms with van der Waals surface area (Å²) in [6, 6.07) is 0. The Kier molecular flexibility index (Phi) is 64.6. The molecule has 0 radical (unpaired) electrons. The van der Waals surface area contributed by atoms with Crippen LogP contribution in [-0.2, 0) is 35.8 Å². The van der Waals surface area contributed by atoms with Crippen LogP contribution < -0.4 is 10.2 Å². The summed E-state index contributed by atoms with van der Waals surface area (Å²) in [5.41, 5.74) is 0. The molecular formula is C42H86O6Zr. The molecule has 0 saturated heterocycles. The zero-order valence-corrected chi connectivity index (χ0v) is 36.3. The first-order valence-corrected chi connectivity index (χ1v) is 20.7. The van der Waals surface area contributed by atoms with Gasteiger partial charge in [-0.1, -0.05) is 196 Å². The van der Waals surface area contributed by atoms with Crippen molar-refractivity contribution in [1.82, 2.24) is 0 Å². The number of rotatable bonds is 32. The summed E-state index contributed by atoms with van der Waals surface area (Å²) < 4.78 is 0. The number of aliphatic hydroxyl groups is 2. The number of hydrogen-bond donors (Lipinski definition) is 2. The first-order valence-electron chi connectivity index (χ1n) is 20.7. The standard InChI is InChI=1S/2C18H36O2.2C3H8O.Zr/c2*1-17(2)15-13-11-9-7-5-3-4-6-8-10-12-14-16-18(19)20;2*1-2-3-4;/h2*17H,3-16H2,1-2H3,(H,19,20);2*4H,2-3H2,1H3;/q;;;;+2/p-2. The smallest absolute Gasteiger partial charge is 0.550 e. The topological polar surface area (TPSA) is 121 Å². The summed E-state index contributed by atoms with van der Waals surface area (Å²) in [6.45, 7) is 13.7. The maximum absolute atomic E-state index is 10.2. The molecule has 0 spiro atoms. The number of aliphatic carboxylic acids is 2. The molecule has 0 aromatic carbocycles. The second-order valence-electron chi connectivity index (χ2n) is 14.5. The SMILES string of the molecule is CC(C)CCCCCCCCCCCCCCC(=O)[O-].CC(C)CCCCCCCCCCCCCCC(=O)[O-].CCCO.CCCO.[Zr+2]. The van der Waals surface area contributed by atoms with Crippen molar-refractivity contribution in [2.75, 3.05) is 13.2 Å². The molecule has 0 aliphatic heterocycles. The van der Waals surface area contributed by atoms with Crippen LogP contribution in [0.4, 0.5) is 0 Å². The molecular weight excluding hydrogens is 692 g/mol. The van der Waals surface area contributed by atoms with Crippen LogP contribution in [0.5, 0.6) is 0 Å². The van der Waals surface area contributed by atoms with Gasteiger partial charge in [0.15, 0.2) is 0 Å². The molecule has 0 amide bonds. The Morgan fingerprint density at radius 3 is 0.714 bits per heavy atom. The molecule has 7 heteroatoms. The monoisotopic (exact) mass is 777 g/mol. The van der Waals surface area contributed by atoms with Crippen molar-refractivity contribution in [3.8, 4) is 0 Å². The van der Waals surface area contributed by atoms with E-state index in [9.17, 15) is 19.8 Å². The van der Waals surface area contributed by atoms with Crippen LogP contribution >= 0.6 is 0 Å². The number of carbonyl (C=O) groups is 2. The molecule has 0 saturated carbocycles. The third-order valence-corrected chi connectivity index (χ3v) is 8.27. The fraction of sp³-hybridized carbons (Fsp3) is 0.952. The van der Waals surface area contributed by atoms with Gasteiger partial charge in [-0.2, -0.15) is 0 Å². The van der Waals surface area contributed by atoms with Gasteiger partial charge < -0.3 is 30.0 Å². The van der Waals surface area contributed by atoms with E-state index in [1.807, 2.05) is 13.8 Å². The minimum atomic E-state index is -0.904. The molecule has 0 bridgehead atoms. The number of unbranched alkanes of at least 4 members (excludes halogenated alkanes) is 22. The second kappa shape index (κ2) is 54.5. The van der Waals surface area contributed by atoms with Gasteiger partial charge >= 0.3 is 26.2 Å². The minimum Gasteiger partial charge on any atom is -0.550 e. The van der Waals surface area contributed by atoms with Crippen molar-refractivity contribution in [3.63, 3.8) is 0 Å². The van der Waals surface area contributed by atoms with Crippen LogP contribution in [0.2, 0.25) is 0 Å². The normalized spacial score (nSPS) is 10.3. The number of carbonyl (C=O) groups excluding carboxylic acids is 2. The Bertz CT molecular complexity index is 532. The molecule has 0 aromatic rings. The number of aliphatic hydroxyl groups excluding tert-OH is 2. The molecule has 6 nitrogen and oxygen atoms in total. The summed E-state index contributed by atoms with van der Waals surface area (Å²) >= 11 is 0. The van der Waals surface area contributed by atoms with E-state index in [1.54, 1.807) is 0 Å². The van der Waals surface area contributed by atoms with Gasteiger partial charge in [-0.05, 0) is 50.4 Å². The number of carboxylic acid groups (broad SMARTS) is 2. The average molecular weight is 778 g/mol. The predicted molar refractivity (Wildman–Crippen MR) is 204 cm³/mol. The Morgan fingerprint density at radius 2 is 0.571 bits per heavy atom. The van der Waals surface area contributed by atoms with E-state index in [1.165, 1.54) is 141 Å². The van der Waals surface area contributed by atoms with Crippen LogP contribution in [0, 0.1) is 11.8 Å². The van der Waals surface area contributed by atoms with Crippen molar-refractivity contribution in [1.29, 1.82) is 0 Å². The summed E-state index contributed by atoms with van der Waals surface area (Å²) in [7, 11) is 0. The molecule has 0 heterocycles. The average Bonchev–Trinajstić information content (AvgIpc) is 3.05. The Labute approximate surface area is 325 Å². The number of carboxylic acids is 2. The Balaban J connectivity index is -0.000000212. The van der Waals surface area contributed by atoms with Gasteiger partial charge in [0.25, 0.3) is 0 Å². The number of hydrogen-bond acceptors (Lipinski definition) is 6. The molecule has 0 unspecified atom stereocenters. The van der Waals surface area contributed by atoms with Crippen molar-refractivity contribution in [2.45, 2.75) is 234 Å². The third kappa shape index (κ3) is 78.2. The molecule has 0 aliphatic rings. The largest absolute Gasteiger partial charge is 2.00 e. The van der Waals surface area contributed by atoms with Crippen molar-refractivity contribution in [2.24, 2.45) is 11.8 Å². The van der Waals surface area contributed by atoms with E-state index in [2.05, 4.69) is 27.7 Å². The van der Waals surface area contributed by atoms with E-state index in [4.69, 9.17) is 10.2 Å². The Morgan fingerprint density at radius 1 is 0.408 bits per heavy atom. The molecule has 0 fully saturated rings. The van der Waals surface area contributed by atoms with E-state index in [-0.39, 0.29) is 39.0 Å². The summed E-state index contributed by atoms with van der Waals surface area (Å²) in [4.78, 5) is 20.4. The molecule has 0 aromatic heterocycles. The minimum absolute atomic E-state index is 0. The molecule has 49 heavy (non-hydrogen) atoms. The zero-order chi connectivity index (χ0) is 36.9. The third-order valence-electron chi connectivity index (χ3n) is 8.27. The predicted octanol–water partition coefficient (Wildman–Crippen LogP) is 10.5. The first-order chi connectivity index (χ1) is 23.1. The van der Waals surface area contributed by atoms with Crippen LogP contribution in [0.1, 0.15) is 234 Å². The van der Waals surface area contributed by atoms with Gasteiger partial charge in [0.1, 0.15) is 0 Å². The molecule has 0 aliphatic carbocycles.